The Balaban J connectivity index is 1.65. The number of nitrogens with one attached hydrogen (secondary N) is 1. The average molecular weight is 402 g/mol. The Labute approximate surface area is 174 Å². The van der Waals surface area contributed by atoms with Crippen LogP contribution in [-0.4, -0.2) is 17.1 Å². The Kier molecular flexibility index (Phi) is 4.27. The second kappa shape index (κ2) is 6.86. The molecule has 2 heterocycles. The van der Waals surface area contributed by atoms with Gasteiger partial charge in [0.15, 0.2) is 5.60 Å². The summed E-state index contributed by atoms with van der Waals surface area (Å²) in [5.74, 6) is 0.967. The second-order valence-electron chi connectivity index (χ2n) is 7.80. The Hall–Kier alpha value is -3.35. The SMILES string of the molecule is C[C@@H](O)CC(=O)Nc1ccc2c(c1)Oc1cc(N)ccc1C21OCc2ccccc21. The summed E-state index contributed by atoms with van der Waals surface area (Å²) in [7, 11) is 0. The molecule has 152 valence electrons. The number of ether oxygens (including phenoxy) is 2. The van der Waals surface area contributed by atoms with Crippen LogP contribution in [0.2, 0.25) is 0 Å². The topological polar surface area (TPSA) is 93.8 Å². The van der Waals surface area contributed by atoms with Gasteiger partial charge in [-0.1, -0.05) is 24.3 Å². The Morgan fingerprint density at radius 2 is 1.83 bits per heavy atom. The van der Waals surface area contributed by atoms with Crippen LogP contribution in [0.1, 0.15) is 35.6 Å². The molecule has 0 fully saturated rings. The maximum absolute atomic E-state index is 12.1. The molecular formula is C24H22N2O4. The smallest absolute Gasteiger partial charge is 0.226 e. The number of rotatable bonds is 3. The van der Waals surface area contributed by atoms with Crippen molar-refractivity contribution in [1.82, 2.24) is 0 Å². The molecule has 0 bridgehead atoms. The lowest BCUT2D eigenvalue weighted by Gasteiger charge is -2.37. The van der Waals surface area contributed by atoms with E-state index in [1.807, 2.05) is 36.4 Å². The van der Waals surface area contributed by atoms with E-state index in [-0.39, 0.29) is 12.3 Å². The van der Waals surface area contributed by atoms with Gasteiger partial charge in [-0.3, -0.25) is 4.79 Å². The summed E-state index contributed by atoms with van der Waals surface area (Å²) >= 11 is 0. The van der Waals surface area contributed by atoms with E-state index >= 15 is 0 Å². The molecule has 1 amide bonds. The third-order valence-corrected chi connectivity index (χ3v) is 5.57. The number of hydrogen-bond donors (Lipinski definition) is 3. The van der Waals surface area contributed by atoms with Gasteiger partial charge >= 0.3 is 0 Å². The summed E-state index contributed by atoms with van der Waals surface area (Å²) in [5.41, 5.74) is 10.4. The normalized spacial score (nSPS) is 19.4. The maximum Gasteiger partial charge on any atom is 0.226 e. The summed E-state index contributed by atoms with van der Waals surface area (Å²) in [5, 5.41) is 12.3. The van der Waals surface area contributed by atoms with Crippen LogP contribution in [-0.2, 0) is 21.7 Å². The molecule has 6 nitrogen and oxygen atoms in total. The number of hydrogen-bond acceptors (Lipinski definition) is 5. The zero-order valence-corrected chi connectivity index (χ0v) is 16.5. The van der Waals surface area contributed by atoms with Gasteiger partial charge in [0.2, 0.25) is 5.91 Å². The van der Waals surface area contributed by atoms with Crippen LogP contribution < -0.4 is 15.8 Å². The monoisotopic (exact) mass is 402 g/mol. The van der Waals surface area contributed by atoms with E-state index in [1.54, 1.807) is 19.1 Å². The molecule has 1 unspecified atom stereocenters. The Morgan fingerprint density at radius 3 is 2.63 bits per heavy atom. The van der Waals surface area contributed by atoms with E-state index < -0.39 is 11.7 Å². The largest absolute Gasteiger partial charge is 0.456 e. The Morgan fingerprint density at radius 1 is 1.10 bits per heavy atom. The Bertz CT molecular complexity index is 1160. The van der Waals surface area contributed by atoms with Gasteiger partial charge in [0.1, 0.15) is 11.5 Å². The van der Waals surface area contributed by atoms with Crippen molar-refractivity contribution in [1.29, 1.82) is 0 Å². The number of nitrogen functional groups attached to an aromatic ring is 1. The molecule has 6 heteroatoms. The summed E-state index contributed by atoms with van der Waals surface area (Å²) in [4.78, 5) is 12.1. The highest BCUT2D eigenvalue weighted by Crippen LogP contribution is 2.56. The van der Waals surface area contributed by atoms with Gasteiger partial charge in [-0.15, -0.1) is 0 Å². The summed E-state index contributed by atoms with van der Waals surface area (Å²) in [6.07, 6.45) is -0.682. The van der Waals surface area contributed by atoms with Gasteiger partial charge in [-0.25, -0.2) is 0 Å². The van der Waals surface area contributed by atoms with Crippen molar-refractivity contribution in [3.63, 3.8) is 0 Å². The van der Waals surface area contributed by atoms with Crippen LogP contribution in [0.15, 0.2) is 60.7 Å². The van der Waals surface area contributed by atoms with Crippen molar-refractivity contribution in [3.05, 3.63) is 82.9 Å². The molecule has 3 aromatic rings. The van der Waals surface area contributed by atoms with Crippen LogP contribution in [0, 0.1) is 0 Å². The predicted octanol–water partition coefficient (Wildman–Crippen LogP) is 3.91. The van der Waals surface area contributed by atoms with Crippen LogP contribution in [0.5, 0.6) is 11.5 Å². The fourth-order valence-electron chi connectivity index (χ4n) is 4.33. The first-order valence-corrected chi connectivity index (χ1v) is 9.90. The number of aliphatic hydroxyl groups is 1. The average Bonchev–Trinajstić information content (AvgIpc) is 3.07. The standard InChI is InChI=1S/C24H22N2O4/c1-14(27)10-23(28)26-17-7-9-20-22(12-17)30-21-11-16(25)6-8-19(21)24(20)18-5-3-2-4-15(18)13-29-24/h2-9,11-12,14,27H,10,13,25H2,1H3,(H,26,28)/t14-,24?/m1/s1. The quantitative estimate of drug-likeness (QED) is 0.578. The van der Waals surface area contributed by atoms with Crippen molar-refractivity contribution in [3.8, 4) is 11.5 Å². The number of anilines is 2. The lowest BCUT2D eigenvalue weighted by molar-refractivity contribution is -0.117. The van der Waals surface area contributed by atoms with E-state index in [1.165, 1.54) is 0 Å². The lowest BCUT2D eigenvalue weighted by atomic mass is 9.77. The molecule has 0 radical (unpaired) electrons. The van der Waals surface area contributed by atoms with E-state index in [4.69, 9.17) is 15.2 Å². The predicted molar refractivity (Wildman–Crippen MR) is 113 cm³/mol. The molecule has 0 aliphatic carbocycles. The number of fused-ring (bicyclic) bond motifs is 6. The van der Waals surface area contributed by atoms with E-state index in [9.17, 15) is 9.90 Å². The first-order chi connectivity index (χ1) is 14.5. The van der Waals surface area contributed by atoms with Crippen molar-refractivity contribution in [2.45, 2.75) is 31.7 Å². The van der Waals surface area contributed by atoms with E-state index in [2.05, 4.69) is 17.4 Å². The minimum Gasteiger partial charge on any atom is -0.456 e. The molecular weight excluding hydrogens is 380 g/mol. The fraction of sp³-hybridized carbons (Fsp3) is 0.208. The molecule has 2 aliphatic rings. The van der Waals surface area contributed by atoms with Crippen LogP contribution in [0.3, 0.4) is 0 Å². The fourth-order valence-corrected chi connectivity index (χ4v) is 4.33. The van der Waals surface area contributed by atoms with Crippen LogP contribution in [0.25, 0.3) is 0 Å². The molecule has 3 aromatic carbocycles. The number of aliphatic hydroxyl groups excluding tert-OH is 1. The van der Waals surface area contributed by atoms with E-state index in [0.717, 1.165) is 22.3 Å². The van der Waals surface area contributed by atoms with Gasteiger partial charge < -0.3 is 25.6 Å². The number of benzene rings is 3. The van der Waals surface area contributed by atoms with E-state index in [0.29, 0.717) is 29.5 Å². The van der Waals surface area contributed by atoms with Gasteiger partial charge in [0.25, 0.3) is 0 Å². The minimum atomic E-state index is -0.796. The zero-order valence-electron chi connectivity index (χ0n) is 16.5. The molecule has 4 N–H and O–H groups in total. The van der Waals surface area contributed by atoms with Crippen molar-refractivity contribution in [2.24, 2.45) is 0 Å². The lowest BCUT2D eigenvalue weighted by Crippen LogP contribution is -2.32. The zero-order chi connectivity index (χ0) is 20.9. The number of carbonyl (C=O) groups excluding carboxylic acids is 1. The summed E-state index contributed by atoms with van der Waals surface area (Å²) < 4.78 is 12.7. The van der Waals surface area contributed by atoms with Crippen molar-refractivity contribution < 1.29 is 19.4 Å². The van der Waals surface area contributed by atoms with Gasteiger partial charge in [-0.2, -0.15) is 0 Å². The first-order valence-electron chi connectivity index (χ1n) is 9.90. The molecule has 1 spiro atoms. The number of carbonyl (C=O) groups is 1. The number of nitrogens with two attached hydrogens (primary N) is 1. The van der Waals surface area contributed by atoms with Gasteiger partial charge in [0.05, 0.1) is 19.1 Å². The van der Waals surface area contributed by atoms with Gasteiger partial charge in [0, 0.05) is 34.6 Å². The molecule has 0 saturated heterocycles. The number of amides is 1. The molecule has 5 rings (SSSR count). The highest BCUT2D eigenvalue weighted by atomic mass is 16.5. The summed E-state index contributed by atoms with van der Waals surface area (Å²) in [6, 6.07) is 19.3. The molecule has 2 atom stereocenters. The van der Waals surface area contributed by atoms with Crippen molar-refractivity contribution >= 4 is 17.3 Å². The highest BCUT2D eigenvalue weighted by molar-refractivity contribution is 5.91. The highest BCUT2D eigenvalue weighted by Gasteiger charge is 2.49. The molecule has 30 heavy (non-hydrogen) atoms. The summed E-state index contributed by atoms with van der Waals surface area (Å²) in [6.45, 7) is 2.07. The maximum atomic E-state index is 12.1. The van der Waals surface area contributed by atoms with Gasteiger partial charge in [-0.05, 0) is 42.3 Å². The second-order valence-corrected chi connectivity index (χ2v) is 7.80. The van der Waals surface area contributed by atoms with Crippen LogP contribution in [0.4, 0.5) is 11.4 Å². The molecule has 0 aromatic heterocycles. The molecule has 0 saturated carbocycles. The minimum absolute atomic E-state index is 0.0255. The van der Waals surface area contributed by atoms with Crippen molar-refractivity contribution in [2.75, 3.05) is 11.1 Å². The third kappa shape index (κ3) is 2.84. The third-order valence-electron chi connectivity index (χ3n) is 5.57. The first kappa shape index (κ1) is 18.7. The van der Waals surface area contributed by atoms with Crippen LogP contribution >= 0.6 is 0 Å². The molecule has 2 aliphatic heterocycles.